The summed E-state index contributed by atoms with van der Waals surface area (Å²) < 4.78 is 27.0. The second-order valence-corrected chi connectivity index (χ2v) is 7.07. The molecule has 0 aromatic carbocycles. The minimum atomic E-state index is -3.50. The smallest absolute Gasteiger partial charge is 0.242 e. The Kier molecular flexibility index (Phi) is 4.44. The number of halogens is 1. The number of aromatic nitrogens is 2. The molecule has 0 fully saturated rings. The molecule has 2 heterocycles. The Labute approximate surface area is 117 Å². The molecular formula is C10H10BrN3O2S2. The molecule has 96 valence electrons. The van der Waals surface area contributed by atoms with E-state index in [1.807, 2.05) is 5.38 Å². The van der Waals surface area contributed by atoms with Gasteiger partial charge in [0.1, 0.15) is 4.90 Å². The van der Waals surface area contributed by atoms with Gasteiger partial charge in [-0.1, -0.05) is 0 Å². The van der Waals surface area contributed by atoms with E-state index < -0.39 is 10.0 Å². The second-order valence-electron chi connectivity index (χ2n) is 3.41. The van der Waals surface area contributed by atoms with E-state index in [4.69, 9.17) is 0 Å². The van der Waals surface area contributed by atoms with Crippen LogP contribution in [0.3, 0.4) is 0 Å². The van der Waals surface area contributed by atoms with Gasteiger partial charge >= 0.3 is 0 Å². The molecule has 1 N–H and O–H groups in total. The molecule has 0 radical (unpaired) electrons. The zero-order valence-corrected chi connectivity index (χ0v) is 12.4. The van der Waals surface area contributed by atoms with Crippen molar-refractivity contribution >= 4 is 37.3 Å². The molecule has 0 bridgehead atoms. The molecule has 0 saturated carbocycles. The molecule has 2 rings (SSSR count). The summed E-state index contributed by atoms with van der Waals surface area (Å²) >= 11 is 4.70. The van der Waals surface area contributed by atoms with E-state index >= 15 is 0 Å². The van der Waals surface area contributed by atoms with E-state index in [0.717, 1.165) is 5.01 Å². The van der Waals surface area contributed by atoms with E-state index in [0.29, 0.717) is 17.4 Å². The summed E-state index contributed by atoms with van der Waals surface area (Å²) in [6, 6.07) is 1.51. The van der Waals surface area contributed by atoms with Gasteiger partial charge in [-0.15, -0.1) is 11.3 Å². The molecule has 5 nitrogen and oxygen atoms in total. The predicted molar refractivity (Wildman–Crippen MR) is 72.9 cm³/mol. The maximum atomic E-state index is 11.9. The van der Waals surface area contributed by atoms with Gasteiger partial charge in [0.05, 0.1) is 5.01 Å². The van der Waals surface area contributed by atoms with Crippen LogP contribution in [0.5, 0.6) is 0 Å². The van der Waals surface area contributed by atoms with Crippen LogP contribution in [-0.2, 0) is 16.4 Å². The first-order valence-corrected chi connectivity index (χ1v) is 8.22. The molecule has 0 spiro atoms. The van der Waals surface area contributed by atoms with Crippen LogP contribution < -0.4 is 4.72 Å². The number of nitrogens with zero attached hydrogens (tertiary/aromatic N) is 2. The highest BCUT2D eigenvalue weighted by atomic mass is 79.9. The first kappa shape index (κ1) is 13.6. The van der Waals surface area contributed by atoms with Crippen molar-refractivity contribution in [2.75, 3.05) is 6.54 Å². The SMILES string of the molecule is O=S(=O)(NCCc1nccs1)c1cncc(Br)c1. The molecule has 2 aromatic rings. The highest BCUT2D eigenvalue weighted by Gasteiger charge is 2.14. The van der Waals surface area contributed by atoms with E-state index in [1.165, 1.54) is 29.8 Å². The summed E-state index contributed by atoms with van der Waals surface area (Å²) in [5.41, 5.74) is 0. The topological polar surface area (TPSA) is 72.0 Å². The fourth-order valence-corrected chi connectivity index (χ4v) is 3.45. The average molecular weight is 348 g/mol. The molecule has 0 aliphatic rings. The largest absolute Gasteiger partial charge is 0.262 e. The van der Waals surface area contributed by atoms with Crippen molar-refractivity contribution in [2.24, 2.45) is 0 Å². The van der Waals surface area contributed by atoms with Gasteiger partial charge in [-0.3, -0.25) is 4.98 Å². The molecule has 8 heteroatoms. The summed E-state index contributed by atoms with van der Waals surface area (Å²) in [5, 5.41) is 2.77. The number of pyridine rings is 1. The average Bonchev–Trinajstić information content (AvgIpc) is 2.82. The second kappa shape index (κ2) is 5.87. The fraction of sp³-hybridized carbons (Fsp3) is 0.200. The van der Waals surface area contributed by atoms with E-state index in [2.05, 4.69) is 30.6 Å². The Morgan fingerprint density at radius 3 is 2.89 bits per heavy atom. The monoisotopic (exact) mass is 347 g/mol. The standard InChI is InChI=1S/C10H10BrN3O2S2/c11-8-5-9(7-12-6-8)18(15,16)14-2-1-10-13-3-4-17-10/h3-7,14H,1-2H2. The number of nitrogens with one attached hydrogen (secondary N) is 1. The third-order valence-electron chi connectivity index (χ3n) is 2.10. The lowest BCUT2D eigenvalue weighted by Gasteiger charge is -2.05. The molecule has 0 aliphatic carbocycles. The first-order valence-electron chi connectivity index (χ1n) is 5.06. The van der Waals surface area contributed by atoms with Crippen molar-refractivity contribution in [3.8, 4) is 0 Å². The zero-order valence-electron chi connectivity index (χ0n) is 9.21. The Morgan fingerprint density at radius 1 is 1.39 bits per heavy atom. The normalized spacial score (nSPS) is 11.6. The van der Waals surface area contributed by atoms with Crippen LogP contribution in [0.2, 0.25) is 0 Å². The van der Waals surface area contributed by atoms with Crippen molar-refractivity contribution in [2.45, 2.75) is 11.3 Å². The van der Waals surface area contributed by atoms with Crippen molar-refractivity contribution in [3.05, 3.63) is 39.5 Å². The molecule has 0 unspecified atom stereocenters. The van der Waals surface area contributed by atoms with E-state index in [1.54, 1.807) is 6.20 Å². The van der Waals surface area contributed by atoms with Crippen molar-refractivity contribution < 1.29 is 8.42 Å². The summed E-state index contributed by atoms with van der Waals surface area (Å²) in [4.78, 5) is 8.07. The quantitative estimate of drug-likeness (QED) is 0.895. The van der Waals surface area contributed by atoms with Gasteiger partial charge in [0.25, 0.3) is 0 Å². The number of hydrogen-bond acceptors (Lipinski definition) is 5. The fourth-order valence-electron chi connectivity index (χ4n) is 1.29. The van der Waals surface area contributed by atoms with Crippen molar-refractivity contribution in [1.29, 1.82) is 0 Å². The molecule has 0 saturated heterocycles. The predicted octanol–water partition coefficient (Wildman–Crippen LogP) is 1.82. The van der Waals surface area contributed by atoms with Crippen LogP contribution in [0.25, 0.3) is 0 Å². The van der Waals surface area contributed by atoms with Crippen LogP contribution in [0.1, 0.15) is 5.01 Å². The zero-order chi connectivity index (χ0) is 13.0. The lowest BCUT2D eigenvalue weighted by atomic mass is 10.5. The van der Waals surface area contributed by atoms with Crippen molar-refractivity contribution in [3.63, 3.8) is 0 Å². The Balaban J connectivity index is 1.99. The van der Waals surface area contributed by atoms with Crippen LogP contribution >= 0.6 is 27.3 Å². The Bertz CT molecular complexity index is 614. The van der Waals surface area contributed by atoms with Gasteiger partial charge in [-0.2, -0.15) is 0 Å². The molecule has 2 aromatic heterocycles. The summed E-state index contributed by atoms with van der Waals surface area (Å²) in [7, 11) is -3.50. The van der Waals surface area contributed by atoms with Crippen LogP contribution in [0, 0.1) is 0 Å². The van der Waals surface area contributed by atoms with E-state index in [9.17, 15) is 8.42 Å². The highest BCUT2D eigenvalue weighted by Crippen LogP contribution is 2.14. The lowest BCUT2D eigenvalue weighted by Crippen LogP contribution is -2.26. The van der Waals surface area contributed by atoms with Crippen LogP contribution in [0.4, 0.5) is 0 Å². The van der Waals surface area contributed by atoms with Gasteiger partial charge in [0.15, 0.2) is 0 Å². The number of thiazole rings is 1. The van der Waals surface area contributed by atoms with Crippen LogP contribution in [0.15, 0.2) is 39.4 Å². The molecule has 0 amide bonds. The summed E-state index contributed by atoms with van der Waals surface area (Å²) in [5.74, 6) is 0. The van der Waals surface area contributed by atoms with Gasteiger partial charge in [0.2, 0.25) is 10.0 Å². The maximum Gasteiger partial charge on any atom is 0.242 e. The maximum absolute atomic E-state index is 11.9. The number of sulfonamides is 1. The molecule has 18 heavy (non-hydrogen) atoms. The Hall–Kier alpha value is -0.830. The van der Waals surface area contributed by atoms with Crippen LogP contribution in [-0.4, -0.2) is 24.9 Å². The number of rotatable bonds is 5. The first-order chi connectivity index (χ1) is 8.58. The third kappa shape index (κ3) is 3.58. The third-order valence-corrected chi connectivity index (χ3v) is 4.81. The Morgan fingerprint density at radius 2 is 2.22 bits per heavy atom. The van der Waals surface area contributed by atoms with Crippen molar-refractivity contribution in [1.82, 2.24) is 14.7 Å². The lowest BCUT2D eigenvalue weighted by molar-refractivity contribution is 0.581. The number of hydrogen-bond donors (Lipinski definition) is 1. The summed E-state index contributed by atoms with van der Waals surface area (Å²) in [6.07, 6.45) is 5.14. The van der Waals surface area contributed by atoms with E-state index in [-0.39, 0.29) is 4.90 Å². The molecule has 0 aliphatic heterocycles. The molecule has 0 atom stereocenters. The highest BCUT2D eigenvalue weighted by molar-refractivity contribution is 9.10. The van der Waals surface area contributed by atoms with Gasteiger partial charge in [-0.25, -0.2) is 18.1 Å². The van der Waals surface area contributed by atoms with Gasteiger partial charge in [0, 0.05) is 41.4 Å². The minimum Gasteiger partial charge on any atom is -0.262 e. The van der Waals surface area contributed by atoms with Gasteiger partial charge < -0.3 is 0 Å². The minimum absolute atomic E-state index is 0.149. The summed E-state index contributed by atoms with van der Waals surface area (Å²) in [6.45, 7) is 0.322. The molecular weight excluding hydrogens is 338 g/mol. The van der Waals surface area contributed by atoms with Gasteiger partial charge in [-0.05, 0) is 22.0 Å².